The van der Waals surface area contributed by atoms with Gasteiger partial charge in [0.2, 0.25) is 5.52 Å². The summed E-state index contributed by atoms with van der Waals surface area (Å²) < 4.78 is 3.47. The molecule has 4 nitrogen and oxygen atoms in total. The molecule has 0 spiro atoms. The van der Waals surface area contributed by atoms with Crippen LogP contribution in [0.15, 0.2) is 106 Å². The number of benzene rings is 4. The summed E-state index contributed by atoms with van der Waals surface area (Å²) in [4.78, 5) is 17.0. The largest absolute Gasteiger partial charge is 0.871 e. The van der Waals surface area contributed by atoms with E-state index in [0.717, 1.165) is 60.0 Å². The number of ketones is 1. The first-order chi connectivity index (χ1) is 20.6. The van der Waals surface area contributed by atoms with E-state index in [0.29, 0.717) is 0 Å². The Morgan fingerprint density at radius 1 is 0.857 bits per heavy atom. The van der Waals surface area contributed by atoms with Crippen molar-refractivity contribution in [2.45, 2.75) is 51.0 Å². The molecule has 1 aliphatic heterocycles. The van der Waals surface area contributed by atoms with Gasteiger partial charge in [0.05, 0.1) is 10.7 Å². The van der Waals surface area contributed by atoms with Crippen LogP contribution in [0.25, 0.3) is 37.8 Å². The second-order valence-electron chi connectivity index (χ2n) is 10.9. The van der Waals surface area contributed by atoms with Gasteiger partial charge in [-0.15, -0.1) is 0 Å². The normalized spacial score (nSPS) is 16.9. The summed E-state index contributed by atoms with van der Waals surface area (Å²) in [6.07, 6.45) is 7.87. The Kier molecular flexibility index (Phi) is 7.12. The molecule has 0 bridgehead atoms. The standard InChI is InChI=1S/C36H32N2O2S2/c1-3-5-19-37-29-17-15-23-11-7-9-13-25(23)35(29)41-31(37)21-27-33(39)28(34(27)40)22-32-38(20-6-4-2)30-18-16-24-12-8-10-14-26(24)36(30)42-32/h7-18,21-22H,3-6,19-20H2,1-2H3. The van der Waals surface area contributed by atoms with Crippen molar-refractivity contribution in [3.05, 3.63) is 106 Å². The van der Waals surface area contributed by atoms with Gasteiger partial charge in [-0.25, -0.2) is 0 Å². The zero-order chi connectivity index (χ0) is 28.8. The first-order valence-electron chi connectivity index (χ1n) is 14.8. The lowest BCUT2D eigenvalue weighted by atomic mass is 9.88. The second kappa shape index (κ2) is 11.1. The van der Waals surface area contributed by atoms with E-state index in [-0.39, 0.29) is 22.7 Å². The van der Waals surface area contributed by atoms with Crippen molar-refractivity contribution in [1.29, 1.82) is 0 Å². The van der Waals surface area contributed by atoms with Crippen molar-refractivity contribution in [2.75, 3.05) is 11.4 Å². The van der Waals surface area contributed by atoms with Crippen molar-refractivity contribution in [1.82, 2.24) is 0 Å². The second-order valence-corrected chi connectivity index (χ2v) is 13.0. The molecule has 0 saturated heterocycles. The monoisotopic (exact) mass is 588 g/mol. The van der Waals surface area contributed by atoms with Gasteiger partial charge in [0.15, 0.2) is 12.3 Å². The summed E-state index contributed by atoms with van der Waals surface area (Å²) in [6.45, 7) is 6.07. The lowest BCUT2D eigenvalue weighted by Crippen LogP contribution is -2.36. The molecule has 6 heteroatoms. The van der Waals surface area contributed by atoms with E-state index in [4.69, 9.17) is 0 Å². The number of carbonyl (C=O) groups excluding carboxylic acids is 1. The highest BCUT2D eigenvalue weighted by Gasteiger charge is 2.32. The van der Waals surface area contributed by atoms with E-state index in [1.54, 1.807) is 23.1 Å². The molecule has 0 atom stereocenters. The van der Waals surface area contributed by atoms with Crippen molar-refractivity contribution >= 4 is 72.4 Å². The van der Waals surface area contributed by atoms with Gasteiger partial charge >= 0.3 is 0 Å². The van der Waals surface area contributed by atoms with Gasteiger partial charge in [-0.1, -0.05) is 110 Å². The number of hydrogen-bond donors (Lipinski definition) is 0. The average molecular weight is 589 g/mol. The maximum atomic E-state index is 13.5. The molecule has 210 valence electrons. The average Bonchev–Trinajstić information content (AvgIpc) is 3.57. The van der Waals surface area contributed by atoms with E-state index in [9.17, 15) is 9.90 Å². The van der Waals surface area contributed by atoms with Gasteiger partial charge in [0.1, 0.15) is 4.70 Å². The summed E-state index contributed by atoms with van der Waals surface area (Å²) >= 11 is 3.33. The number of fused-ring (bicyclic) bond motifs is 6. The third kappa shape index (κ3) is 4.45. The number of Topliss-reactive ketones (excluding diaryl/α,β-unsaturated/α-hetero) is 1. The highest BCUT2D eigenvalue weighted by Crippen LogP contribution is 2.50. The summed E-state index contributed by atoms with van der Waals surface area (Å²) in [6, 6.07) is 25.5. The number of thiazole rings is 1. The van der Waals surface area contributed by atoms with Crippen LogP contribution in [0.5, 0.6) is 0 Å². The Hall–Kier alpha value is -3.87. The van der Waals surface area contributed by atoms with Crippen molar-refractivity contribution < 1.29 is 14.5 Å². The first kappa shape index (κ1) is 27.0. The van der Waals surface area contributed by atoms with Crippen molar-refractivity contribution in [3.63, 3.8) is 0 Å². The Bertz CT molecular complexity index is 1980. The lowest BCUT2D eigenvalue weighted by molar-refractivity contribution is -0.669. The molecule has 42 heavy (non-hydrogen) atoms. The van der Waals surface area contributed by atoms with Gasteiger partial charge < -0.3 is 10.0 Å². The molecule has 0 saturated carbocycles. The molecule has 0 amide bonds. The fraction of sp³-hybridized carbons (Fsp3) is 0.222. The molecule has 0 radical (unpaired) electrons. The van der Waals surface area contributed by atoms with Crippen LogP contribution in [0, 0.1) is 0 Å². The van der Waals surface area contributed by atoms with Crippen LogP contribution >= 0.6 is 23.1 Å². The maximum absolute atomic E-state index is 13.5. The van der Waals surface area contributed by atoms with Crippen molar-refractivity contribution in [2.24, 2.45) is 0 Å². The molecule has 0 N–H and O–H groups in total. The molecule has 2 aliphatic rings. The summed E-state index contributed by atoms with van der Waals surface area (Å²) in [5, 5.41) is 20.2. The molecular weight excluding hydrogens is 557 g/mol. The summed E-state index contributed by atoms with van der Waals surface area (Å²) in [7, 11) is 0. The fourth-order valence-electron chi connectivity index (χ4n) is 5.91. The van der Waals surface area contributed by atoms with Crippen LogP contribution in [0.2, 0.25) is 0 Å². The van der Waals surface area contributed by atoms with E-state index in [1.165, 1.54) is 31.1 Å². The van der Waals surface area contributed by atoms with Crippen LogP contribution < -0.4 is 14.6 Å². The molecule has 1 aliphatic carbocycles. The molecule has 7 rings (SSSR count). The number of rotatable bonds is 8. The highest BCUT2D eigenvalue weighted by molar-refractivity contribution is 8.04. The number of aromatic nitrogens is 1. The lowest BCUT2D eigenvalue weighted by Gasteiger charge is -2.29. The third-order valence-electron chi connectivity index (χ3n) is 8.23. The molecule has 1 aromatic heterocycles. The number of hydrogen-bond acceptors (Lipinski definition) is 5. The number of nitrogens with zero attached hydrogens (tertiary/aromatic N) is 2. The number of unbranched alkanes of at least 4 members (excludes halogenated alkanes) is 2. The van der Waals surface area contributed by atoms with E-state index in [2.05, 4.69) is 96.1 Å². The minimum absolute atomic E-state index is 0.159. The predicted molar refractivity (Wildman–Crippen MR) is 175 cm³/mol. The molecule has 2 heterocycles. The van der Waals surface area contributed by atoms with Gasteiger partial charge in [-0.3, -0.25) is 4.79 Å². The zero-order valence-electron chi connectivity index (χ0n) is 23.9. The Balaban J connectivity index is 1.28. The smallest absolute Gasteiger partial charge is 0.263 e. The van der Waals surface area contributed by atoms with Gasteiger partial charge in [-0.05, 0) is 40.8 Å². The number of thioether (sulfide) groups is 1. The predicted octanol–water partition coefficient (Wildman–Crippen LogP) is 8.13. The molecule has 4 aromatic carbocycles. The van der Waals surface area contributed by atoms with Crippen LogP contribution in [0.4, 0.5) is 5.69 Å². The third-order valence-corrected chi connectivity index (χ3v) is 10.6. The van der Waals surface area contributed by atoms with Crippen LogP contribution in [0.1, 0.15) is 44.5 Å². The van der Waals surface area contributed by atoms with Crippen LogP contribution in [0.3, 0.4) is 0 Å². The van der Waals surface area contributed by atoms with E-state index >= 15 is 0 Å². The number of aryl methyl sites for hydroxylation is 1. The van der Waals surface area contributed by atoms with Crippen LogP contribution in [-0.2, 0) is 11.3 Å². The maximum Gasteiger partial charge on any atom is 0.263 e. The van der Waals surface area contributed by atoms with Crippen molar-refractivity contribution in [3.8, 4) is 0 Å². The van der Waals surface area contributed by atoms with E-state index in [1.807, 2.05) is 12.2 Å². The van der Waals surface area contributed by atoms with Gasteiger partial charge in [0, 0.05) is 46.5 Å². The summed E-state index contributed by atoms with van der Waals surface area (Å²) in [5.74, 6) is -0.317. The van der Waals surface area contributed by atoms with Gasteiger partial charge in [0.25, 0.3) is 5.01 Å². The summed E-state index contributed by atoms with van der Waals surface area (Å²) in [5.41, 5.74) is 2.88. The van der Waals surface area contributed by atoms with Gasteiger partial charge in [-0.2, -0.15) is 4.57 Å². The Morgan fingerprint density at radius 2 is 1.57 bits per heavy atom. The minimum atomic E-state index is -0.159. The first-order valence-corrected chi connectivity index (χ1v) is 16.4. The zero-order valence-corrected chi connectivity index (χ0v) is 25.5. The molecule has 0 fully saturated rings. The SMILES string of the molecule is CCCCN1/C(=C/C2=C([O-])C(=C/c3sc4c5ccccc5ccc4[n+]3CCCC)/C2=O)Sc2c1ccc1ccccc21. The fourth-order valence-corrected chi connectivity index (χ4v) is 8.44. The number of anilines is 1. The quantitative estimate of drug-likeness (QED) is 0.136. The number of carbonyl (C=O) groups is 1. The minimum Gasteiger partial charge on any atom is -0.871 e. The molecule has 5 aromatic rings. The van der Waals surface area contributed by atoms with Crippen LogP contribution in [-0.4, -0.2) is 12.3 Å². The van der Waals surface area contributed by atoms with E-state index < -0.39 is 0 Å². The molecular formula is C36H32N2O2S2. The number of allylic oxidation sites excluding steroid dienone is 3. The molecule has 0 unspecified atom stereocenters. The Labute approximate surface area is 254 Å². The topological polar surface area (TPSA) is 47.2 Å². The Morgan fingerprint density at radius 3 is 2.33 bits per heavy atom. The highest BCUT2D eigenvalue weighted by atomic mass is 32.2.